The number of anilines is 2. The minimum atomic E-state index is -3.81. The summed E-state index contributed by atoms with van der Waals surface area (Å²) in [5.41, 5.74) is 0.825. The van der Waals surface area contributed by atoms with Crippen LogP contribution in [0.3, 0.4) is 0 Å². The van der Waals surface area contributed by atoms with E-state index in [1.54, 1.807) is 18.2 Å². The van der Waals surface area contributed by atoms with Gasteiger partial charge in [0.05, 0.1) is 24.8 Å². The third-order valence-electron chi connectivity index (χ3n) is 3.10. The van der Waals surface area contributed by atoms with E-state index in [0.29, 0.717) is 22.9 Å². The standard InChI is InChI=1S/C16H18N2O5S/c1-11(19)17-12-5-4-6-13(9-12)18-24(20,21)14-7-8-15(22-2)16(10-14)23-3/h4-10,18H,1-3H3,(H,17,19). The average Bonchev–Trinajstić information content (AvgIpc) is 2.53. The number of sulfonamides is 1. The fraction of sp³-hybridized carbons (Fsp3) is 0.188. The second-order valence-corrected chi connectivity index (χ2v) is 6.57. The molecule has 0 spiro atoms. The molecule has 0 aliphatic carbocycles. The molecular weight excluding hydrogens is 332 g/mol. The lowest BCUT2D eigenvalue weighted by atomic mass is 10.3. The van der Waals surface area contributed by atoms with Crippen molar-refractivity contribution in [2.75, 3.05) is 24.3 Å². The molecule has 0 aliphatic heterocycles. The smallest absolute Gasteiger partial charge is 0.262 e. The number of hydrogen-bond donors (Lipinski definition) is 2. The van der Waals surface area contributed by atoms with Crippen molar-refractivity contribution < 1.29 is 22.7 Å². The average molecular weight is 350 g/mol. The summed E-state index contributed by atoms with van der Waals surface area (Å²) in [5.74, 6) is 0.506. The molecule has 2 rings (SSSR count). The Hall–Kier alpha value is -2.74. The maximum absolute atomic E-state index is 12.5. The first-order valence-corrected chi connectivity index (χ1v) is 8.46. The van der Waals surface area contributed by atoms with Crippen LogP contribution in [0.15, 0.2) is 47.4 Å². The van der Waals surface area contributed by atoms with E-state index in [1.165, 1.54) is 45.4 Å². The van der Waals surface area contributed by atoms with Crippen LogP contribution in [0.4, 0.5) is 11.4 Å². The Balaban J connectivity index is 2.30. The third-order valence-corrected chi connectivity index (χ3v) is 4.48. The molecule has 0 saturated heterocycles. The van der Waals surface area contributed by atoms with Gasteiger partial charge in [-0.1, -0.05) is 6.07 Å². The van der Waals surface area contributed by atoms with Crippen LogP contribution in [0, 0.1) is 0 Å². The summed E-state index contributed by atoms with van der Waals surface area (Å²) in [6.45, 7) is 1.38. The summed E-state index contributed by atoms with van der Waals surface area (Å²) < 4.78 is 37.7. The summed E-state index contributed by atoms with van der Waals surface area (Å²) >= 11 is 0. The molecule has 0 aromatic heterocycles. The van der Waals surface area contributed by atoms with Gasteiger partial charge in [0.1, 0.15) is 0 Å². The van der Waals surface area contributed by atoms with Crippen molar-refractivity contribution in [1.29, 1.82) is 0 Å². The molecule has 0 atom stereocenters. The lowest BCUT2D eigenvalue weighted by Gasteiger charge is -2.12. The summed E-state index contributed by atoms with van der Waals surface area (Å²) in [7, 11) is -0.915. The Kier molecular flexibility index (Phi) is 5.30. The fourth-order valence-corrected chi connectivity index (χ4v) is 3.13. The fourth-order valence-electron chi connectivity index (χ4n) is 2.06. The van der Waals surface area contributed by atoms with Crippen molar-refractivity contribution in [3.8, 4) is 11.5 Å². The van der Waals surface area contributed by atoms with Crippen LogP contribution >= 0.6 is 0 Å². The van der Waals surface area contributed by atoms with E-state index in [0.717, 1.165) is 0 Å². The molecule has 0 aliphatic rings. The topological polar surface area (TPSA) is 93.7 Å². The second kappa shape index (κ2) is 7.22. The van der Waals surface area contributed by atoms with Crippen molar-refractivity contribution in [1.82, 2.24) is 0 Å². The number of amides is 1. The molecular formula is C16H18N2O5S. The zero-order valence-electron chi connectivity index (χ0n) is 13.5. The Morgan fingerprint density at radius 1 is 0.958 bits per heavy atom. The van der Waals surface area contributed by atoms with Gasteiger partial charge in [-0.05, 0) is 30.3 Å². The van der Waals surface area contributed by atoms with E-state index in [1.807, 2.05) is 0 Å². The molecule has 2 aromatic rings. The number of rotatable bonds is 6. The van der Waals surface area contributed by atoms with Crippen molar-refractivity contribution in [2.24, 2.45) is 0 Å². The van der Waals surface area contributed by atoms with Crippen LogP contribution in [-0.2, 0) is 14.8 Å². The van der Waals surface area contributed by atoms with Crippen molar-refractivity contribution in [2.45, 2.75) is 11.8 Å². The number of hydrogen-bond acceptors (Lipinski definition) is 5. The molecule has 0 radical (unpaired) electrons. The Morgan fingerprint density at radius 2 is 1.62 bits per heavy atom. The van der Waals surface area contributed by atoms with Crippen molar-refractivity contribution >= 4 is 27.3 Å². The van der Waals surface area contributed by atoms with Gasteiger partial charge < -0.3 is 14.8 Å². The molecule has 2 N–H and O–H groups in total. The van der Waals surface area contributed by atoms with Gasteiger partial charge >= 0.3 is 0 Å². The quantitative estimate of drug-likeness (QED) is 0.835. The molecule has 0 fully saturated rings. The molecule has 0 heterocycles. The highest BCUT2D eigenvalue weighted by molar-refractivity contribution is 7.92. The second-order valence-electron chi connectivity index (χ2n) is 4.88. The zero-order chi connectivity index (χ0) is 17.7. The van der Waals surface area contributed by atoms with Crippen molar-refractivity contribution in [3.05, 3.63) is 42.5 Å². The predicted octanol–water partition coefficient (Wildman–Crippen LogP) is 2.46. The van der Waals surface area contributed by atoms with Gasteiger partial charge in [0.25, 0.3) is 10.0 Å². The molecule has 1 amide bonds. The molecule has 0 unspecified atom stereocenters. The van der Waals surface area contributed by atoms with E-state index in [4.69, 9.17) is 9.47 Å². The maximum Gasteiger partial charge on any atom is 0.262 e. The number of benzene rings is 2. The minimum Gasteiger partial charge on any atom is -0.493 e. The molecule has 2 aromatic carbocycles. The van der Waals surface area contributed by atoms with Gasteiger partial charge in [0.15, 0.2) is 11.5 Å². The molecule has 7 nitrogen and oxygen atoms in total. The molecule has 24 heavy (non-hydrogen) atoms. The predicted molar refractivity (Wildman–Crippen MR) is 91.1 cm³/mol. The van der Waals surface area contributed by atoms with Gasteiger partial charge in [-0.25, -0.2) is 8.42 Å². The van der Waals surface area contributed by atoms with Crippen LogP contribution in [0.5, 0.6) is 11.5 Å². The first kappa shape index (κ1) is 17.6. The van der Waals surface area contributed by atoms with Crippen LogP contribution < -0.4 is 19.5 Å². The number of methoxy groups -OCH3 is 2. The summed E-state index contributed by atoms with van der Waals surface area (Å²) in [6, 6.07) is 10.7. The van der Waals surface area contributed by atoms with Crippen LogP contribution in [-0.4, -0.2) is 28.5 Å². The highest BCUT2D eigenvalue weighted by atomic mass is 32.2. The molecule has 0 bridgehead atoms. The SMILES string of the molecule is COc1ccc(S(=O)(=O)Nc2cccc(NC(C)=O)c2)cc1OC. The number of carbonyl (C=O) groups is 1. The third kappa shape index (κ3) is 4.17. The maximum atomic E-state index is 12.5. The normalized spacial score (nSPS) is 10.8. The lowest BCUT2D eigenvalue weighted by Crippen LogP contribution is -2.13. The molecule has 0 saturated carbocycles. The summed E-state index contributed by atoms with van der Waals surface area (Å²) in [6.07, 6.45) is 0. The van der Waals surface area contributed by atoms with E-state index in [-0.39, 0.29) is 10.8 Å². The van der Waals surface area contributed by atoms with Gasteiger partial charge in [0, 0.05) is 18.7 Å². The highest BCUT2D eigenvalue weighted by Crippen LogP contribution is 2.30. The number of carbonyl (C=O) groups excluding carboxylic acids is 1. The van der Waals surface area contributed by atoms with Crippen molar-refractivity contribution in [3.63, 3.8) is 0 Å². The summed E-state index contributed by atoms with van der Waals surface area (Å²) in [4.78, 5) is 11.1. The Bertz CT molecular complexity index is 849. The van der Waals surface area contributed by atoms with Gasteiger partial charge in [-0.2, -0.15) is 0 Å². The highest BCUT2D eigenvalue weighted by Gasteiger charge is 2.17. The van der Waals surface area contributed by atoms with Crippen LogP contribution in [0.2, 0.25) is 0 Å². The van der Waals surface area contributed by atoms with E-state index in [9.17, 15) is 13.2 Å². The van der Waals surface area contributed by atoms with Crippen LogP contribution in [0.25, 0.3) is 0 Å². The first-order valence-electron chi connectivity index (χ1n) is 6.98. The number of ether oxygens (including phenoxy) is 2. The monoisotopic (exact) mass is 350 g/mol. The Labute approximate surface area is 140 Å². The Morgan fingerprint density at radius 3 is 2.25 bits per heavy atom. The largest absolute Gasteiger partial charge is 0.493 e. The van der Waals surface area contributed by atoms with Gasteiger partial charge in [0.2, 0.25) is 5.91 Å². The van der Waals surface area contributed by atoms with E-state index < -0.39 is 10.0 Å². The zero-order valence-corrected chi connectivity index (χ0v) is 14.3. The molecule has 8 heteroatoms. The van der Waals surface area contributed by atoms with Gasteiger partial charge in [-0.15, -0.1) is 0 Å². The minimum absolute atomic E-state index is 0.0325. The van der Waals surface area contributed by atoms with E-state index >= 15 is 0 Å². The number of nitrogens with one attached hydrogen (secondary N) is 2. The van der Waals surface area contributed by atoms with E-state index in [2.05, 4.69) is 10.0 Å². The van der Waals surface area contributed by atoms with Gasteiger partial charge in [-0.3, -0.25) is 9.52 Å². The lowest BCUT2D eigenvalue weighted by molar-refractivity contribution is -0.114. The first-order chi connectivity index (χ1) is 11.4. The van der Waals surface area contributed by atoms with Crippen LogP contribution in [0.1, 0.15) is 6.92 Å². The summed E-state index contributed by atoms with van der Waals surface area (Å²) in [5, 5.41) is 2.59. The molecule has 128 valence electrons.